The number of aliphatic hydroxyl groups excluding tert-OH is 1. The zero-order valence-electron chi connectivity index (χ0n) is 23.7. The standard InChI is InChI=1S/C30H52N2O3/c1-19(2)26(34)31-25-13-16-30(35)17-21-11-14-28(5)22(20(3)32(7)8)12-15-29(28,6)23(21)9-10-24(30)27(25,4)18-33/h11,19-20,22-25,33,35H,9-10,12-18H2,1-8H3,(H,31,34)/t20-,22+,23+,24-,25-,27+,28+,29-,30-/m0/s1. The van der Waals surface area contributed by atoms with Gasteiger partial charge in [-0.25, -0.2) is 0 Å². The van der Waals surface area contributed by atoms with Crippen LogP contribution in [0.4, 0.5) is 0 Å². The lowest BCUT2D eigenvalue weighted by Gasteiger charge is -2.55. The number of carbonyl (C=O) groups excluding carboxylic acids is 1. The number of carbonyl (C=O) groups is 1. The molecule has 0 saturated heterocycles. The lowest BCUT2D eigenvalue weighted by Crippen LogP contribution is -2.62. The summed E-state index contributed by atoms with van der Waals surface area (Å²) in [7, 11) is 4.42. The van der Waals surface area contributed by atoms with Gasteiger partial charge in [0.25, 0.3) is 0 Å². The molecule has 9 atom stereocenters. The van der Waals surface area contributed by atoms with Crippen molar-refractivity contribution in [2.45, 2.75) is 111 Å². The fourth-order valence-electron chi connectivity index (χ4n) is 9.21. The van der Waals surface area contributed by atoms with Crippen LogP contribution in [0.2, 0.25) is 0 Å². The Labute approximate surface area is 214 Å². The Morgan fingerprint density at radius 2 is 1.77 bits per heavy atom. The Balaban J connectivity index is 1.65. The molecule has 35 heavy (non-hydrogen) atoms. The van der Waals surface area contributed by atoms with Crippen LogP contribution in [0.25, 0.3) is 0 Å². The molecule has 0 heterocycles. The second kappa shape index (κ2) is 9.13. The number of amides is 1. The predicted molar refractivity (Wildman–Crippen MR) is 142 cm³/mol. The van der Waals surface area contributed by atoms with Crippen molar-refractivity contribution in [1.82, 2.24) is 10.2 Å². The monoisotopic (exact) mass is 488 g/mol. The van der Waals surface area contributed by atoms with E-state index in [1.165, 1.54) is 18.4 Å². The lowest BCUT2D eigenvalue weighted by molar-refractivity contribution is -0.146. The molecular weight excluding hydrogens is 436 g/mol. The number of fused-ring (bicyclic) bond motifs is 4. The molecule has 1 amide bonds. The van der Waals surface area contributed by atoms with E-state index in [4.69, 9.17) is 0 Å². The van der Waals surface area contributed by atoms with Gasteiger partial charge in [-0.3, -0.25) is 4.79 Å². The molecule has 0 radical (unpaired) electrons. The smallest absolute Gasteiger partial charge is 0.222 e. The summed E-state index contributed by atoms with van der Waals surface area (Å²) in [6, 6.07) is 0.455. The van der Waals surface area contributed by atoms with Crippen molar-refractivity contribution in [3.63, 3.8) is 0 Å². The fraction of sp³-hybridized carbons (Fsp3) is 0.900. The van der Waals surface area contributed by atoms with Crippen molar-refractivity contribution in [2.24, 2.45) is 39.9 Å². The van der Waals surface area contributed by atoms with Crippen LogP contribution in [0.15, 0.2) is 11.6 Å². The minimum absolute atomic E-state index is 0.00978. The average Bonchev–Trinajstić information content (AvgIpc) is 2.96. The molecule has 4 aliphatic rings. The topological polar surface area (TPSA) is 72.8 Å². The van der Waals surface area contributed by atoms with Gasteiger partial charge in [-0.15, -0.1) is 0 Å². The molecule has 0 unspecified atom stereocenters. The first-order valence-electron chi connectivity index (χ1n) is 14.2. The normalized spacial score (nSPS) is 46.3. The first-order valence-corrected chi connectivity index (χ1v) is 14.2. The lowest BCUT2D eigenvalue weighted by atomic mass is 9.51. The Morgan fingerprint density at radius 3 is 2.37 bits per heavy atom. The number of nitrogens with zero attached hydrogens (tertiary/aromatic N) is 1. The van der Waals surface area contributed by atoms with E-state index < -0.39 is 11.0 Å². The van der Waals surface area contributed by atoms with E-state index in [1.807, 2.05) is 13.8 Å². The predicted octanol–water partition coefficient (Wildman–Crippen LogP) is 4.77. The molecule has 0 bridgehead atoms. The summed E-state index contributed by atoms with van der Waals surface area (Å²) < 4.78 is 0. The number of hydrogen-bond donors (Lipinski definition) is 3. The molecule has 0 aromatic rings. The van der Waals surface area contributed by atoms with Crippen molar-refractivity contribution in [3.05, 3.63) is 11.6 Å². The van der Waals surface area contributed by atoms with E-state index >= 15 is 0 Å². The highest BCUT2D eigenvalue weighted by molar-refractivity contribution is 5.78. The van der Waals surface area contributed by atoms with Gasteiger partial charge in [-0.05, 0) is 101 Å². The van der Waals surface area contributed by atoms with Gasteiger partial charge < -0.3 is 20.4 Å². The highest BCUT2D eigenvalue weighted by Crippen LogP contribution is 2.69. The average molecular weight is 489 g/mol. The van der Waals surface area contributed by atoms with Crippen LogP contribution in [-0.2, 0) is 4.79 Å². The second-order valence-electron chi connectivity index (χ2n) is 14.0. The van der Waals surface area contributed by atoms with Gasteiger partial charge in [-0.1, -0.05) is 46.3 Å². The molecule has 5 heteroatoms. The number of rotatable bonds is 5. The molecule has 4 aliphatic carbocycles. The van der Waals surface area contributed by atoms with Crippen LogP contribution in [0.5, 0.6) is 0 Å². The van der Waals surface area contributed by atoms with E-state index in [9.17, 15) is 15.0 Å². The summed E-state index contributed by atoms with van der Waals surface area (Å²) in [5.74, 6) is 1.10. The second-order valence-corrected chi connectivity index (χ2v) is 14.0. The SMILES string of the molecule is CC(C)C(=O)N[C@H]1CC[C@]2(O)CC3=CC[C@]4(C)[C@@H]([C@H](C)N(C)C)CC[C@@]4(C)[C@@H]3CC[C@H]2[C@@]1(C)CO. The zero-order chi connectivity index (χ0) is 26.0. The first-order chi connectivity index (χ1) is 16.2. The summed E-state index contributed by atoms with van der Waals surface area (Å²) in [4.78, 5) is 15.0. The summed E-state index contributed by atoms with van der Waals surface area (Å²) in [6.45, 7) is 13.4. The molecule has 3 saturated carbocycles. The minimum Gasteiger partial charge on any atom is -0.396 e. The Morgan fingerprint density at radius 1 is 1.09 bits per heavy atom. The third-order valence-corrected chi connectivity index (χ3v) is 12.0. The van der Waals surface area contributed by atoms with Crippen molar-refractivity contribution in [2.75, 3.05) is 20.7 Å². The maximum atomic E-state index is 12.6. The van der Waals surface area contributed by atoms with E-state index in [0.717, 1.165) is 32.1 Å². The number of allylic oxidation sites excluding steroid dienone is 1. The molecule has 3 N–H and O–H groups in total. The van der Waals surface area contributed by atoms with E-state index in [0.29, 0.717) is 24.3 Å². The molecule has 3 fully saturated rings. The van der Waals surface area contributed by atoms with E-state index in [2.05, 4.69) is 58.1 Å². The Hall–Kier alpha value is -0.910. The van der Waals surface area contributed by atoms with Gasteiger partial charge in [0.1, 0.15) is 0 Å². The molecule has 0 aromatic heterocycles. The van der Waals surface area contributed by atoms with Crippen molar-refractivity contribution >= 4 is 5.91 Å². The molecule has 200 valence electrons. The summed E-state index contributed by atoms with van der Waals surface area (Å²) in [5.41, 5.74) is 0.635. The van der Waals surface area contributed by atoms with E-state index in [-0.39, 0.29) is 41.2 Å². The van der Waals surface area contributed by atoms with Crippen LogP contribution in [0.1, 0.15) is 92.9 Å². The molecule has 4 rings (SSSR count). The molecule has 0 spiro atoms. The summed E-state index contributed by atoms with van der Waals surface area (Å²) >= 11 is 0. The van der Waals surface area contributed by atoms with Gasteiger partial charge in [0.2, 0.25) is 5.91 Å². The molecule has 0 aromatic carbocycles. The van der Waals surface area contributed by atoms with E-state index in [1.54, 1.807) is 0 Å². The molecule has 0 aliphatic heterocycles. The minimum atomic E-state index is -0.809. The third kappa shape index (κ3) is 4.03. The molecular formula is C30H52N2O3. The highest BCUT2D eigenvalue weighted by Gasteiger charge is 2.63. The zero-order valence-corrected chi connectivity index (χ0v) is 23.7. The first kappa shape index (κ1) is 27.1. The van der Waals surface area contributed by atoms with Gasteiger partial charge >= 0.3 is 0 Å². The van der Waals surface area contributed by atoms with Crippen molar-refractivity contribution in [1.29, 1.82) is 0 Å². The number of nitrogens with one attached hydrogen (secondary N) is 1. The fourth-order valence-corrected chi connectivity index (χ4v) is 9.21. The number of aliphatic hydroxyl groups is 2. The third-order valence-electron chi connectivity index (χ3n) is 12.0. The highest BCUT2D eigenvalue weighted by atomic mass is 16.3. The molecule has 5 nitrogen and oxygen atoms in total. The van der Waals surface area contributed by atoms with Gasteiger partial charge in [0.15, 0.2) is 0 Å². The Bertz CT molecular complexity index is 855. The van der Waals surface area contributed by atoms with Crippen molar-refractivity contribution < 1.29 is 15.0 Å². The quantitative estimate of drug-likeness (QED) is 0.488. The Kier molecular flexibility index (Phi) is 7.08. The van der Waals surface area contributed by atoms with Gasteiger partial charge in [-0.2, -0.15) is 0 Å². The largest absolute Gasteiger partial charge is 0.396 e. The van der Waals surface area contributed by atoms with Gasteiger partial charge in [0, 0.05) is 23.4 Å². The summed E-state index contributed by atoms with van der Waals surface area (Å²) in [5, 5.41) is 26.1. The van der Waals surface area contributed by atoms with Gasteiger partial charge in [0.05, 0.1) is 12.2 Å². The van der Waals surface area contributed by atoms with Crippen LogP contribution in [0, 0.1) is 39.9 Å². The number of hydrogen-bond acceptors (Lipinski definition) is 4. The van der Waals surface area contributed by atoms with Crippen LogP contribution in [-0.4, -0.2) is 59.4 Å². The van der Waals surface area contributed by atoms with Crippen LogP contribution in [0.3, 0.4) is 0 Å². The van der Waals surface area contributed by atoms with Crippen LogP contribution >= 0.6 is 0 Å². The maximum Gasteiger partial charge on any atom is 0.222 e. The summed E-state index contributed by atoms with van der Waals surface area (Å²) in [6.07, 6.45) is 10.2. The van der Waals surface area contributed by atoms with Crippen LogP contribution < -0.4 is 5.32 Å². The van der Waals surface area contributed by atoms with Crippen molar-refractivity contribution in [3.8, 4) is 0 Å². The maximum absolute atomic E-state index is 12.6.